The van der Waals surface area contributed by atoms with Gasteiger partial charge in [0.2, 0.25) is 0 Å². The molecular weight excluding hydrogens is 631 g/mol. The van der Waals surface area contributed by atoms with E-state index in [4.69, 9.17) is 19.4 Å². The maximum atomic E-state index is 6.27. The number of hydrogen-bond acceptors (Lipinski definition) is 5. The Morgan fingerprint density at radius 3 is 1.54 bits per heavy atom. The minimum absolute atomic E-state index is 0.617. The molecule has 7 aromatic carbocycles. The SMILES string of the molecule is c1ccc(-c2ccc3oc4ccc(-c5nc(-c6ccccc6)nc(-c6ccc7sc8c(-c9ccccc9)cccc8c7c6)n5)cc4c3c2)cc1. The minimum atomic E-state index is 0.617. The van der Waals surface area contributed by atoms with Gasteiger partial charge in [0.05, 0.1) is 0 Å². The fourth-order valence-corrected chi connectivity index (χ4v) is 8.08. The van der Waals surface area contributed by atoms with E-state index < -0.39 is 0 Å². The van der Waals surface area contributed by atoms with Crippen molar-refractivity contribution in [3.63, 3.8) is 0 Å². The van der Waals surface area contributed by atoms with Crippen LogP contribution in [0.15, 0.2) is 168 Å². The molecule has 0 aliphatic rings. The summed E-state index contributed by atoms with van der Waals surface area (Å²) >= 11 is 1.83. The Kier molecular flexibility index (Phi) is 6.64. The van der Waals surface area contributed by atoms with Gasteiger partial charge in [0, 0.05) is 47.6 Å². The lowest BCUT2D eigenvalue weighted by Gasteiger charge is -2.09. The summed E-state index contributed by atoms with van der Waals surface area (Å²) in [6.07, 6.45) is 0. The summed E-state index contributed by atoms with van der Waals surface area (Å²) in [5.74, 6) is 1.89. The topological polar surface area (TPSA) is 51.8 Å². The van der Waals surface area contributed by atoms with Crippen molar-refractivity contribution in [1.82, 2.24) is 15.0 Å². The monoisotopic (exact) mass is 657 g/mol. The summed E-state index contributed by atoms with van der Waals surface area (Å²) < 4.78 is 8.79. The van der Waals surface area contributed by atoms with Gasteiger partial charge in [0.25, 0.3) is 0 Å². The summed E-state index contributed by atoms with van der Waals surface area (Å²) in [6.45, 7) is 0. The Hall–Kier alpha value is -6.43. The predicted molar refractivity (Wildman–Crippen MR) is 207 cm³/mol. The number of thiophene rings is 1. The highest BCUT2D eigenvalue weighted by Crippen LogP contribution is 2.41. The number of furan rings is 1. The zero-order valence-electron chi connectivity index (χ0n) is 26.7. The van der Waals surface area contributed by atoms with Crippen molar-refractivity contribution in [3.8, 4) is 56.4 Å². The van der Waals surface area contributed by atoms with Gasteiger partial charge in [0.1, 0.15) is 11.2 Å². The van der Waals surface area contributed by atoms with Crippen LogP contribution in [0.3, 0.4) is 0 Å². The highest BCUT2D eigenvalue weighted by Gasteiger charge is 2.17. The quantitative estimate of drug-likeness (QED) is 0.185. The molecule has 0 N–H and O–H groups in total. The lowest BCUT2D eigenvalue weighted by atomic mass is 10.0. The van der Waals surface area contributed by atoms with Crippen LogP contribution < -0.4 is 0 Å². The molecule has 5 heteroatoms. The number of hydrogen-bond donors (Lipinski definition) is 0. The van der Waals surface area contributed by atoms with Gasteiger partial charge in [-0.25, -0.2) is 15.0 Å². The smallest absolute Gasteiger partial charge is 0.164 e. The fraction of sp³-hybridized carbons (Fsp3) is 0. The molecule has 3 heterocycles. The highest BCUT2D eigenvalue weighted by molar-refractivity contribution is 7.26. The van der Waals surface area contributed by atoms with Crippen molar-refractivity contribution < 1.29 is 4.42 Å². The third-order valence-electron chi connectivity index (χ3n) is 9.34. The van der Waals surface area contributed by atoms with Gasteiger partial charge in [-0.05, 0) is 70.8 Å². The molecule has 0 amide bonds. The first-order chi connectivity index (χ1) is 24.7. The first-order valence-corrected chi connectivity index (χ1v) is 17.4. The second kappa shape index (κ2) is 11.6. The molecule has 50 heavy (non-hydrogen) atoms. The molecule has 0 aliphatic carbocycles. The normalized spacial score (nSPS) is 11.6. The second-order valence-electron chi connectivity index (χ2n) is 12.4. The number of aromatic nitrogens is 3. The number of rotatable bonds is 5. The number of fused-ring (bicyclic) bond motifs is 6. The Bertz CT molecular complexity index is 2830. The molecular formula is C45H27N3OS. The zero-order chi connectivity index (χ0) is 33.0. The van der Waals surface area contributed by atoms with Crippen molar-refractivity contribution in [1.29, 1.82) is 0 Å². The average molecular weight is 658 g/mol. The van der Waals surface area contributed by atoms with E-state index in [1.54, 1.807) is 0 Å². The minimum Gasteiger partial charge on any atom is -0.456 e. The van der Waals surface area contributed by atoms with E-state index in [2.05, 4.69) is 115 Å². The van der Waals surface area contributed by atoms with E-state index in [9.17, 15) is 0 Å². The number of nitrogens with zero attached hydrogens (tertiary/aromatic N) is 3. The molecule has 0 atom stereocenters. The molecule has 0 aliphatic heterocycles. The molecule has 3 aromatic heterocycles. The van der Waals surface area contributed by atoms with Crippen LogP contribution in [0, 0.1) is 0 Å². The predicted octanol–water partition coefficient (Wildman–Crippen LogP) is 12.5. The van der Waals surface area contributed by atoms with E-state index in [1.807, 2.05) is 59.9 Å². The van der Waals surface area contributed by atoms with Crippen LogP contribution in [0.25, 0.3) is 98.5 Å². The van der Waals surface area contributed by atoms with Gasteiger partial charge in [-0.15, -0.1) is 11.3 Å². The molecule has 0 spiro atoms. The van der Waals surface area contributed by atoms with Crippen LogP contribution in [-0.4, -0.2) is 15.0 Å². The molecule has 10 rings (SSSR count). The van der Waals surface area contributed by atoms with E-state index >= 15 is 0 Å². The van der Waals surface area contributed by atoms with Gasteiger partial charge in [-0.1, -0.05) is 115 Å². The van der Waals surface area contributed by atoms with E-state index in [1.165, 1.54) is 36.9 Å². The van der Waals surface area contributed by atoms with Crippen LogP contribution in [-0.2, 0) is 0 Å². The third kappa shape index (κ3) is 4.87. The lowest BCUT2D eigenvalue weighted by molar-refractivity contribution is 0.669. The molecule has 0 saturated heterocycles. The molecule has 4 nitrogen and oxygen atoms in total. The number of benzene rings is 7. The van der Waals surface area contributed by atoms with Crippen molar-refractivity contribution in [2.45, 2.75) is 0 Å². The van der Waals surface area contributed by atoms with Crippen molar-refractivity contribution in [2.24, 2.45) is 0 Å². The maximum Gasteiger partial charge on any atom is 0.164 e. The van der Waals surface area contributed by atoms with Crippen molar-refractivity contribution in [3.05, 3.63) is 164 Å². The molecule has 0 saturated carbocycles. The zero-order valence-corrected chi connectivity index (χ0v) is 27.6. The largest absolute Gasteiger partial charge is 0.456 e. The fourth-order valence-electron chi connectivity index (χ4n) is 6.86. The summed E-state index contributed by atoms with van der Waals surface area (Å²) in [7, 11) is 0. The standard InChI is InChI=1S/C45H27N3OS/c1-4-11-28(12-5-1)31-19-22-39-36(25-31)37-26-32(20-23-40(37)49-39)44-46-43(30-15-8-3-9-16-30)47-45(48-44)33-21-24-41-38(27-33)35-18-10-17-34(42(35)50-41)29-13-6-2-7-14-29/h1-27H. The van der Waals surface area contributed by atoms with E-state index in [0.717, 1.165) is 44.2 Å². The molecule has 0 unspecified atom stereocenters. The van der Waals surface area contributed by atoms with Crippen LogP contribution in [0.1, 0.15) is 0 Å². The first kappa shape index (κ1) is 28.6. The Balaban J connectivity index is 1.14. The van der Waals surface area contributed by atoms with E-state index in [-0.39, 0.29) is 0 Å². The van der Waals surface area contributed by atoms with Crippen molar-refractivity contribution >= 4 is 53.4 Å². The van der Waals surface area contributed by atoms with Crippen LogP contribution >= 0.6 is 11.3 Å². The first-order valence-electron chi connectivity index (χ1n) is 16.6. The Morgan fingerprint density at radius 2 is 0.880 bits per heavy atom. The van der Waals surface area contributed by atoms with Gasteiger partial charge in [-0.2, -0.15) is 0 Å². The van der Waals surface area contributed by atoms with Gasteiger partial charge in [-0.3, -0.25) is 0 Å². The lowest BCUT2D eigenvalue weighted by Crippen LogP contribution is -2.00. The maximum absolute atomic E-state index is 6.27. The summed E-state index contributed by atoms with van der Waals surface area (Å²) in [4.78, 5) is 15.2. The molecule has 10 aromatic rings. The molecule has 0 radical (unpaired) electrons. The highest BCUT2D eigenvalue weighted by atomic mass is 32.1. The van der Waals surface area contributed by atoms with Crippen LogP contribution in [0.2, 0.25) is 0 Å². The van der Waals surface area contributed by atoms with Gasteiger partial charge >= 0.3 is 0 Å². The second-order valence-corrected chi connectivity index (χ2v) is 13.5. The summed E-state index contributed by atoms with van der Waals surface area (Å²) in [5.41, 5.74) is 9.26. The molecule has 0 bridgehead atoms. The summed E-state index contributed by atoms with van der Waals surface area (Å²) in [6, 6.07) is 56.9. The third-order valence-corrected chi connectivity index (χ3v) is 10.6. The van der Waals surface area contributed by atoms with Gasteiger partial charge in [0.15, 0.2) is 17.5 Å². The average Bonchev–Trinajstić information content (AvgIpc) is 3.76. The van der Waals surface area contributed by atoms with Crippen LogP contribution in [0.4, 0.5) is 0 Å². The summed E-state index contributed by atoms with van der Waals surface area (Å²) in [5, 5.41) is 4.52. The van der Waals surface area contributed by atoms with Crippen LogP contribution in [0.5, 0.6) is 0 Å². The molecule has 0 fully saturated rings. The molecule has 234 valence electrons. The van der Waals surface area contributed by atoms with Crippen molar-refractivity contribution in [2.75, 3.05) is 0 Å². The Labute approximate surface area is 292 Å². The van der Waals surface area contributed by atoms with E-state index in [0.29, 0.717) is 17.5 Å². The Morgan fingerprint density at radius 1 is 0.360 bits per heavy atom. The van der Waals surface area contributed by atoms with Gasteiger partial charge < -0.3 is 4.42 Å².